The second kappa shape index (κ2) is 5.88. The minimum atomic E-state index is -0.170. The zero-order valence-electron chi connectivity index (χ0n) is 13.3. The van der Waals surface area contributed by atoms with Crippen molar-refractivity contribution in [1.82, 2.24) is 9.47 Å². The molecule has 1 aromatic carbocycles. The second-order valence-corrected chi connectivity index (χ2v) is 5.85. The number of benzene rings is 1. The Labute approximate surface area is 135 Å². The summed E-state index contributed by atoms with van der Waals surface area (Å²) in [6.45, 7) is 7.92. The Morgan fingerprint density at radius 3 is 2.65 bits per heavy atom. The predicted octanol–water partition coefficient (Wildman–Crippen LogP) is 3.34. The number of hydrogen-bond donors (Lipinski definition) is 0. The maximum Gasteiger partial charge on any atom is 0.271 e. The molecule has 4 heteroatoms. The molecular weight excluding hydrogens is 288 g/mol. The summed E-state index contributed by atoms with van der Waals surface area (Å²) >= 11 is 0. The van der Waals surface area contributed by atoms with Gasteiger partial charge in [0, 0.05) is 37.0 Å². The van der Waals surface area contributed by atoms with Gasteiger partial charge in [0.15, 0.2) is 5.78 Å². The van der Waals surface area contributed by atoms with E-state index in [0.29, 0.717) is 30.6 Å². The van der Waals surface area contributed by atoms with Gasteiger partial charge in [-0.15, -0.1) is 13.2 Å². The van der Waals surface area contributed by atoms with Crippen LogP contribution >= 0.6 is 0 Å². The van der Waals surface area contributed by atoms with Crippen LogP contribution in [0.2, 0.25) is 0 Å². The van der Waals surface area contributed by atoms with Crippen molar-refractivity contribution in [3.05, 3.63) is 60.8 Å². The fraction of sp³-hybridized carbons (Fsp3) is 0.263. The molecule has 2 aromatic rings. The van der Waals surface area contributed by atoms with Gasteiger partial charge < -0.3 is 9.47 Å². The molecule has 1 unspecified atom stereocenters. The van der Waals surface area contributed by atoms with Crippen LogP contribution in [0.15, 0.2) is 49.6 Å². The summed E-state index contributed by atoms with van der Waals surface area (Å²) < 4.78 is 1.83. The summed E-state index contributed by atoms with van der Waals surface area (Å²) in [7, 11) is 1.84. The molecule has 1 atom stereocenters. The van der Waals surface area contributed by atoms with Crippen LogP contribution in [0.3, 0.4) is 0 Å². The van der Waals surface area contributed by atoms with Crippen molar-refractivity contribution in [3.8, 4) is 0 Å². The van der Waals surface area contributed by atoms with E-state index in [1.165, 1.54) is 0 Å². The summed E-state index contributed by atoms with van der Waals surface area (Å²) in [5.74, 6) is -0.0973. The zero-order valence-corrected chi connectivity index (χ0v) is 13.3. The highest BCUT2D eigenvalue weighted by Gasteiger charge is 2.36. The van der Waals surface area contributed by atoms with Crippen LogP contribution in [0.25, 0.3) is 10.9 Å². The minimum Gasteiger partial charge on any atom is -0.339 e. The van der Waals surface area contributed by atoms with Crippen molar-refractivity contribution in [3.63, 3.8) is 0 Å². The summed E-state index contributed by atoms with van der Waals surface area (Å²) in [5, 5.41) is 0.848. The predicted molar refractivity (Wildman–Crippen MR) is 91.7 cm³/mol. The topological polar surface area (TPSA) is 42.3 Å². The standard InChI is InChI=1S/C19H20N2O2/c1-4-8-13-12-16(22)17-14-9-6-7-10-15(14)20(3)18(17)19(23)21(13)11-5-2/h4-7,9-10,13H,1-2,8,11-12H2,3H3. The Morgan fingerprint density at radius 2 is 1.96 bits per heavy atom. The molecule has 1 aliphatic heterocycles. The number of ketones is 1. The highest BCUT2D eigenvalue weighted by Crippen LogP contribution is 2.32. The van der Waals surface area contributed by atoms with Crippen LogP contribution in [-0.4, -0.2) is 33.7 Å². The third-order valence-corrected chi connectivity index (χ3v) is 4.48. The van der Waals surface area contributed by atoms with Crippen LogP contribution in [0.1, 0.15) is 33.7 Å². The van der Waals surface area contributed by atoms with Crippen molar-refractivity contribution in [2.24, 2.45) is 7.05 Å². The van der Waals surface area contributed by atoms with Gasteiger partial charge in [-0.2, -0.15) is 0 Å². The number of rotatable bonds is 4. The first-order valence-corrected chi connectivity index (χ1v) is 7.73. The van der Waals surface area contributed by atoms with E-state index < -0.39 is 0 Å². The second-order valence-electron chi connectivity index (χ2n) is 5.85. The van der Waals surface area contributed by atoms with Gasteiger partial charge in [0.05, 0.1) is 5.56 Å². The molecule has 1 amide bonds. The van der Waals surface area contributed by atoms with Crippen LogP contribution in [0, 0.1) is 0 Å². The maximum atomic E-state index is 13.1. The van der Waals surface area contributed by atoms with Crippen LogP contribution in [-0.2, 0) is 7.05 Å². The van der Waals surface area contributed by atoms with Crippen molar-refractivity contribution < 1.29 is 9.59 Å². The normalized spacial score (nSPS) is 18.0. The van der Waals surface area contributed by atoms with Crippen LogP contribution in [0.5, 0.6) is 0 Å². The molecule has 0 fully saturated rings. The highest BCUT2D eigenvalue weighted by molar-refractivity contribution is 6.17. The molecule has 118 valence electrons. The van der Waals surface area contributed by atoms with E-state index in [2.05, 4.69) is 13.2 Å². The summed E-state index contributed by atoms with van der Waals surface area (Å²) in [4.78, 5) is 27.7. The van der Waals surface area contributed by atoms with Crippen LogP contribution in [0.4, 0.5) is 0 Å². The van der Waals surface area contributed by atoms with Crippen LogP contribution < -0.4 is 0 Å². The van der Waals surface area contributed by atoms with E-state index in [4.69, 9.17) is 0 Å². The van der Waals surface area contributed by atoms with Crippen molar-refractivity contribution >= 4 is 22.6 Å². The molecule has 1 aromatic heterocycles. The largest absolute Gasteiger partial charge is 0.339 e. The third-order valence-electron chi connectivity index (χ3n) is 4.48. The van der Waals surface area contributed by atoms with Gasteiger partial charge in [0.25, 0.3) is 5.91 Å². The first kappa shape index (κ1) is 15.3. The van der Waals surface area contributed by atoms with Gasteiger partial charge in [-0.1, -0.05) is 30.4 Å². The third kappa shape index (κ3) is 2.31. The molecule has 4 nitrogen and oxygen atoms in total. The van der Waals surface area contributed by atoms with E-state index in [-0.39, 0.29) is 17.7 Å². The molecule has 0 saturated carbocycles. The van der Waals surface area contributed by atoms with Crippen molar-refractivity contribution in [1.29, 1.82) is 0 Å². The molecule has 23 heavy (non-hydrogen) atoms. The monoisotopic (exact) mass is 308 g/mol. The number of aryl methyl sites for hydroxylation is 1. The van der Waals surface area contributed by atoms with E-state index in [0.717, 1.165) is 10.9 Å². The Kier molecular flexibility index (Phi) is 3.90. The lowest BCUT2D eigenvalue weighted by Crippen LogP contribution is -2.40. The molecule has 2 heterocycles. The number of hydrogen-bond acceptors (Lipinski definition) is 2. The van der Waals surface area contributed by atoms with Gasteiger partial charge in [-0.25, -0.2) is 0 Å². The van der Waals surface area contributed by atoms with Gasteiger partial charge >= 0.3 is 0 Å². The Hall–Kier alpha value is -2.62. The number of para-hydroxylation sites is 1. The average molecular weight is 308 g/mol. The summed E-state index contributed by atoms with van der Waals surface area (Å²) in [6.07, 6.45) is 4.37. The summed E-state index contributed by atoms with van der Waals surface area (Å²) in [6, 6.07) is 7.48. The van der Waals surface area contributed by atoms with Gasteiger partial charge in [-0.3, -0.25) is 9.59 Å². The molecule has 0 N–H and O–H groups in total. The smallest absolute Gasteiger partial charge is 0.271 e. The number of carbonyl (C=O) groups excluding carboxylic acids is 2. The average Bonchev–Trinajstić information content (AvgIpc) is 2.80. The molecule has 0 aliphatic carbocycles. The minimum absolute atomic E-state index is 0.0172. The number of Topliss-reactive ketones (excluding diaryl/α,β-unsaturated/α-hetero) is 1. The zero-order chi connectivity index (χ0) is 16.6. The Balaban J connectivity index is 2.25. The van der Waals surface area contributed by atoms with E-state index in [9.17, 15) is 9.59 Å². The molecule has 3 rings (SSSR count). The number of nitrogens with zero attached hydrogens (tertiary/aromatic N) is 2. The number of fused-ring (bicyclic) bond motifs is 3. The maximum absolute atomic E-state index is 13.1. The number of carbonyl (C=O) groups is 2. The lowest BCUT2D eigenvalue weighted by molar-refractivity contribution is 0.0691. The SMILES string of the molecule is C=CCC1CC(=O)c2c(n(C)c3ccccc23)C(=O)N1CC=C. The van der Waals surface area contributed by atoms with Crippen molar-refractivity contribution in [2.75, 3.05) is 6.54 Å². The lowest BCUT2D eigenvalue weighted by Gasteiger charge is -2.28. The Morgan fingerprint density at radius 1 is 1.22 bits per heavy atom. The lowest BCUT2D eigenvalue weighted by atomic mass is 10.0. The highest BCUT2D eigenvalue weighted by atomic mass is 16.2. The Bertz CT molecular complexity index is 816. The number of aromatic nitrogens is 1. The molecule has 0 saturated heterocycles. The molecule has 0 radical (unpaired) electrons. The van der Waals surface area contributed by atoms with Gasteiger partial charge in [-0.05, 0) is 12.5 Å². The summed E-state index contributed by atoms with van der Waals surface area (Å²) in [5.41, 5.74) is 1.93. The van der Waals surface area contributed by atoms with Crippen molar-refractivity contribution in [2.45, 2.75) is 18.9 Å². The van der Waals surface area contributed by atoms with Gasteiger partial charge in [0.2, 0.25) is 0 Å². The number of amides is 1. The van der Waals surface area contributed by atoms with E-state index >= 15 is 0 Å². The fourth-order valence-electron chi connectivity index (χ4n) is 3.43. The fourth-order valence-corrected chi connectivity index (χ4v) is 3.43. The quantitative estimate of drug-likeness (QED) is 0.813. The molecular formula is C19H20N2O2. The van der Waals surface area contributed by atoms with E-state index in [1.54, 1.807) is 17.1 Å². The van der Waals surface area contributed by atoms with Gasteiger partial charge in [0.1, 0.15) is 5.69 Å². The van der Waals surface area contributed by atoms with E-state index in [1.807, 2.05) is 35.9 Å². The molecule has 1 aliphatic rings. The molecule has 0 bridgehead atoms. The molecule has 0 spiro atoms. The first-order valence-electron chi connectivity index (χ1n) is 7.73. The first-order chi connectivity index (χ1) is 11.1.